The molecule has 0 bridgehead atoms. The molecule has 0 amide bonds. The number of aryl methyl sites for hydroxylation is 1. The minimum Gasteiger partial charge on any atom is -0.494 e. The van der Waals surface area contributed by atoms with Crippen LogP contribution in [-0.2, 0) is 6.42 Å². The van der Waals surface area contributed by atoms with Crippen LogP contribution >= 0.6 is 0 Å². The molecule has 1 aliphatic rings. The Bertz CT molecular complexity index is 814. The fraction of sp³-hybridized carbons (Fsp3) is 0.548. The molecule has 0 aromatic heterocycles. The van der Waals surface area contributed by atoms with Gasteiger partial charge in [0.2, 0.25) is 0 Å². The molecular formula is C31H42O. The second kappa shape index (κ2) is 14.1. The molecule has 32 heavy (non-hydrogen) atoms. The zero-order chi connectivity index (χ0) is 22.4. The molecule has 172 valence electrons. The van der Waals surface area contributed by atoms with Gasteiger partial charge in [-0.3, -0.25) is 0 Å². The molecule has 3 rings (SSSR count). The fourth-order valence-electron chi connectivity index (χ4n) is 4.65. The van der Waals surface area contributed by atoms with Crippen LogP contribution in [-0.4, -0.2) is 6.61 Å². The molecule has 0 radical (unpaired) electrons. The van der Waals surface area contributed by atoms with E-state index < -0.39 is 0 Å². The predicted molar refractivity (Wildman–Crippen MR) is 137 cm³/mol. The Kier molecular flexibility index (Phi) is 10.7. The van der Waals surface area contributed by atoms with Gasteiger partial charge in [0, 0.05) is 11.5 Å². The maximum absolute atomic E-state index is 5.80. The minimum atomic E-state index is 0.536. The van der Waals surface area contributed by atoms with Gasteiger partial charge in [0.15, 0.2) is 0 Å². The van der Waals surface area contributed by atoms with Gasteiger partial charge in [0.05, 0.1) is 6.61 Å². The van der Waals surface area contributed by atoms with Crippen molar-refractivity contribution in [2.75, 3.05) is 6.61 Å². The van der Waals surface area contributed by atoms with Crippen molar-refractivity contribution in [1.29, 1.82) is 0 Å². The Hall–Kier alpha value is -2.20. The van der Waals surface area contributed by atoms with E-state index in [4.69, 9.17) is 4.74 Å². The van der Waals surface area contributed by atoms with E-state index in [-0.39, 0.29) is 0 Å². The first-order chi connectivity index (χ1) is 15.8. The Morgan fingerprint density at radius 1 is 0.750 bits per heavy atom. The summed E-state index contributed by atoms with van der Waals surface area (Å²) in [5.41, 5.74) is 4.13. The third kappa shape index (κ3) is 8.38. The van der Waals surface area contributed by atoms with Gasteiger partial charge in [-0.05, 0) is 86.3 Å². The van der Waals surface area contributed by atoms with E-state index in [0.29, 0.717) is 11.8 Å². The number of benzene rings is 2. The van der Waals surface area contributed by atoms with Crippen molar-refractivity contribution in [3.8, 4) is 17.6 Å². The van der Waals surface area contributed by atoms with Gasteiger partial charge in [-0.15, -0.1) is 0 Å². The van der Waals surface area contributed by atoms with Gasteiger partial charge in [-0.2, -0.15) is 0 Å². The van der Waals surface area contributed by atoms with E-state index in [1.165, 1.54) is 81.8 Å². The van der Waals surface area contributed by atoms with Crippen LogP contribution in [0.1, 0.15) is 107 Å². The molecule has 0 aliphatic heterocycles. The van der Waals surface area contributed by atoms with Gasteiger partial charge in [0.1, 0.15) is 5.75 Å². The van der Waals surface area contributed by atoms with Crippen LogP contribution in [0.2, 0.25) is 0 Å². The largest absolute Gasteiger partial charge is 0.494 e. The molecule has 1 saturated carbocycles. The van der Waals surface area contributed by atoms with E-state index in [2.05, 4.69) is 74.2 Å². The topological polar surface area (TPSA) is 9.23 Å². The maximum atomic E-state index is 5.80. The average molecular weight is 431 g/mol. The molecule has 0 N–H and O–H groups in total. The molecule has 0 saturated heterocycles. The Balaban J connectivity index is 1.41. The Morgan fingerprint density at radius 3 is 2.12 bits per heavy atom. The highest BCUT2D eigenvalue weighted by atomic mass is 16.5. The Morgan fingerprint density at radius 2 is 1.44 bits per heavy atom. The number of rotatable bonds is 11. The highest BCUT2D eigenvalue weighted by Gasteiger charge is 2.21. The summed E-state index contributed by atoms with van der Waals surface area (Å²) in [6.45, 7) is 5.30. The normalized spacial score (nSPS) is 18.1. The van der Waals surface area contributed by atoms with Gasteiger partial charge in [-0.1, -0.05) is 82.1 Å². The molecule has 0 atom stereocenters. The second-order valence-electron chi connectivity index (χ2n) is 9.45. The zero-order valence-electron chi connectivity index (χ0n) is 20.4. The number of unbranched alkanes of at least 4 members (excludes halogenated alkanes) is 5. The van der Waals surface area contributed by atoms with Gasteiger partial charge < -0.3 is 4.74 Å². The van der Waals surface area contributed by atoms with E-state index in [0.717, 1.165) is 24.3 Å². The summed E-state index contributed by atoms with van der Waals surface area (Å²) in [5, 5.41) is 0. The summed E-state index contributed by atoms with van der Waals surface area (Å²) in [4.78, 5) is 0. The van der Waals surface area contributed by atoms with E-state index in [1.54, 1.807) is 0 Å². The van der Waals surface area contributed by atoms with E-state index in [9.17, 15) is 0 Å². The summed E-state index contributed by atoms with van der Waals surface area (Å²) < 4.78 is 5.80. The molecule has 0 spiro atoms. The number of ether oxygens (including phenoxy) is 1. The maximum Gasteiger partial charge on any atom is 0.119 e. The summed E-state index contributed by atoms with van der Waals surface area (Å²) >= 11 is 0. The van der Waals surface area contributed by atoms with Crippen molar-refractivity contribution in [3.63, 3.8) is 0 Å². The number of hydrogen-bond acceptors (Lipinski definition) is 1. The van der Waals surface area contributed by atoms with Crippen molar-refractivity contribution in [3.05, 3.63) is 65.2 Å². The van der Waals surface area contributed by atoms with Crippen LogP contribution in [0.25, 0.3) is 0 Å². The number of hydrogen-bond donors (Lipinski definition) is 0. The standard InChI is InChI=1S/C31H42O/c1-3-5-7-8-10-26-13-19-29(20-14-26)30-21-15-27(16-22-30)11-12-28-17-23-31(24-18-28)32-25-9-6-4-2/h13-14,17-20,23-24,27,30H,3-10,15-16,21-22,25H2,1-2H3. The third-order valence-corrected chi connectivity index (χ3v) is 6.79. The lowest BCUT2D eigenvalue weighted by molar-refractivity contribution is 0.306. The summed E-state index contributed by atoms with van der Waals surface area (Å²) in [5.74, 6) is 9.15. The molecule has 1 nitrogen and oxygen atoms in total. The van der Waals surface area contributed by atoms with Crippen LogP contribution in [0.5, 0.6) is 5.75 Å². The SMILES string of the molecule is CCCCCCc1ccc(C2CCC(C#Cc3ccc(OCCCCC)cc3)CC2)cc1. The van der Waals surface area contributed by atoms with Crippen molar-refractivity contribution in [2.45, 2.75) is 96.8 Å². The summed E-state index contributed by atoms with van der Waals surface area (Å²) in [6, 6.07) is 17.8. The predicted octanol–water partition coefficient (Wildman–Crippen LogP) is 8.70. The molecule has 2 aromatic carbocycles. The van der Waals surface area contributed by atoms with Crippen LogP contribution in [0, 0.1) is 17.8 Å². The molecule has 1 aliphatic carbocycles. The summed E-state index contributed by atoms with van der Waals surface area (Å²) in [7, 11) is 0. The monoisotopic (exact) mass is 430 g/mol. The summed E-state index contributed by atoms with van der Waals surface area (Å²) in [6.07, 6.45) is 15.1. The lowest BCUT2D eigenvalue weighted by Gasteiger charge is -2.26. The van der Waals surface area contributed by atoms with Gasteiger partial charge >= 0.3 is 0 Å². The molecule has 2 aromatic rings. The fourth-order valence-corrected chi connectivity index (χ4v) is 4.65. The van der Waals surface area contributed by atoms with Crippen molar-refractivity contribution in [2.24, 2.45) is 5.92 Å². The molecule has 0 unspecified atom stereocenters. The van der Waals surface area contributed by atoms with Crippen molar-refractivity contribution in [1.82, 2.24) is 0 Å². The first-order valence-electron chi connectivity index (χ1n) is 13.1. The molecule has 1 heteroatoms. The Labute approximate surface area is 197 Å². The van der Waals surface area contributed by atoms with Crippen LogP contribution in [0.3, 0.4) is 0 Å². The molecule has 0 heterocycles. The highest BCUT2D eigenvalue weighted by Crippen LogP contribution is 2.35. The molecular weight excluding hydrogens is 388 g/mol. The quantitative estimate of drug-likeness (QED) is 0.256. The van der Waals surface area contributed by atoms with E-state index >= 15 is 0 Å². The first kappa shape index (κ1) is 24.4. The van der Waals surface area contributed by atoms with Crippen LogP contribution in [0.4, 0.5) is 0 Å². The van der Waals surface area contributed by atoms with Crippen LogP contribution < -0.4 is 4.74 Å². The second-order valence-corrected chi connectivity index (χ2v) is 9.45. The zero-order valence-corrected chi connectivity index (χ0v) is 20.4. The van der Waals surface area contributed by atoms with Gasteiger partial charge in [-0.25, -0.2) is 0 Å². The van der Waals surface area contributed by atoms with Crippen LogP contribution in [0.15, 0.2) is 48.5 Å². The van der Waals surface area contributed by atoms with Crippen molar-refractivity contribution < 1.29 is 4.74 Å². The minimum absolute atomic E-state index is 0.536. The lowest BCUT2D eigenvalue weighted by atomic mass is 9.78. The smallest absolute Gasteiger partial charge is 0.119 e. The first-order valence-corrected chi connectivity index (χ1v) is 13.1. The average Bonchev–Trinajstić information content (AvgIpc) is 2.85. The highest BCUT2D eigenvalue weighted by molar-refractivity contribution is 5.38. The lowest BCUT2D eigenvalue weighted by Crippen LogP contribution is -2.12. The van der Waals surface area contributed by atoms with E-state index in [1.807, 2.05) is 0 Å². The third-order valence-electron chi connectivity index (χ3n) is 6.79. The molecule has 1 fully saturated rings. The van der Waals surface area contributed by atoms with Gasteiger partial charge in [0.25, 0.3) is 0 Å². The van der Waals surface area contributed by atoms with Crippen molar-refractivity contribution >= 4 is 0 Å².